The lowest BCUT2D eigenvalue weighted by Crippen LogP contribution is -2.93. The molecule has 30 heavy (non-hydrogen) atoms. The summed E-state index contributed by atoms with van der Waals surface area (Å²) in [5.74, 6) is 0.830. The molecule has 0 aliphatic heterocycles. The highest BCUT2D eigenvalue weighted by Gasteiger charge is 2.26. The molecule has 2 atom stereocenters. The number of sulfonamides is 1. The summed E-state index contributed by atoms with van der Waals surface area (Å²) < 4.78 is 22.7. The van der Waals surface area contributed by atoms with E-state index in [0.29, 0.717) is 17.5 Å². The summed E-state index contributed by atoms with van der Waals surface area (Å²) in [6, 6.07) is 14.4. The number of nitrogens with two attached hydrogens (primary N) is 2. The molecule has 0 radical (unpaired) electrons. The van der Waals surface area contributed by atoms with Crippen molar-refractivity contribution in [3.8, 4) is 0 Å². The summed E-state index contributed by atoms with van der Waals surface area (Å²) in [7, 11) is -3.75. The van der Waals surface area contributed by atoms with Crippen molar-refractivity contribution >= 4 is 21.6 Å². The van der Waals surface area contributed by atoms with Gasteiger partial charge >= 0.3 is 0 Å². The first-order valence-corrected chi connectivity index (χ1v) is 11.9. The number of primary sulfonamides is 1. The molecule has 1 amide bonds. The van der Waals surface area contributed by atoms with Gasteiger partial charge in [0.15, 0.2) is 6.04 Å². The highest BCUT2D eigenvalue weighted by molar-refractivity contribution is 7.89. The number of benzene rings is 2. The molecule has 0 fully saturated rings. The normalized spacial score (nSPS) is 14.0. The minimum absolute atomic E-state index is 0.0147. The minimum atomic E-state index is -3.75. The third kappa shape index (κ3) is 6.93. The van der Waals surface area contributed by atoms with Crippen LogP contribution >= 0.6 is 0 Å². The number of anilines is 1. The van der Waals surface area contributed by atoms with Crippen LogP contribution < -0.4 is 15.8 Å². The lowest BCUT2D eigenvalue weighted by atomic mass is 9.93. The van der Waals surface area contributed by atoms with E-state index in [2.05, 4.69) is 62.6 Å². The predicted molar refractivity (Wildman–Crippen MR) is 120 cm³/mol. The fourth-order valence-electron chi connectivity index (χ4n) is 3.45. The Morgan fingerprint density at radius 1 is 0.967 bits per heavy atom. The predicted octanol–water partition coefficient (Wildman–Crippen LogP) is 2.82. The van der Waals surface area contributed by atoms with Gasteiger partial charge in [-0.05, 0) is 49.1 Å². The lowest BCUT2D eigenvalue weighted by Gasteiger charge is -2.23. The van der Waals surface area contributed by atoms with Crippen molar-refractivity contribution in [3.63, 3.8) is 0 Å². The Kier molecular flexibility index (Phi) is 8.18. The van der Waals surface area contributed by atoms with Gasteiger partial charge in [0.2, 0.25) is 10.0 Å². The van der Waals surface area contributed by atoms with E-state index in [4.69, 9.17) is 5.14 Å². The zero-order valence-corrected chi connectivity index (χ0v) is 19.2. The van der Waals surface area contributed by atoms with Crippen molar-refractivity contribution in [2.24, 2.45) is 17.0 Å². The van der Waals surface area contributed by atoms with Gasteiger partial charge in [0.05, 0.1) is 4.90 Å². The number of nitrogens with one attached hydrogen (secondary N) is 1. The quantitative estimate of drug-likeness (QED) is 0.567. The second-order valence-electron chi connectivity index (χ2n) is 8.65. The van der Waals surface area contributed by atoms with Crippen molar-refractivity contribution in [1.82, 2.24) is 0 Å². The molecule has 0 bridgehead atoms. The summed E-state index contributed by atoms with van der Waals surface area (Å²) in [6.45, 7) is 10.6. The van der Waals surface area contributed by atoms with Crippen LogP contribution in [0.5, 0.6) is 0 Å². The van der Waals surface area contributed by atoms with E-state index in [0.717, 1.165) is 6.42 Å². The molecule has 0 saturated heterocycles. The Morgan fingerprint density at radius 3 is 2.00 bits per heavy atom. The first kappa shape index (κ1) is 24.1. The molecule has 0 heterocycles. The van der Waals surface area contributed by atoms with E-state index in [1.807, 2.05) is 6.92 Å². The fraction of sp³-hybridized carbons (Fsp3) is 0.435. The van der Waals surface area contributed by atoms with Crippen LogP contribution in [0, 0.1) is 11.8 Å². The summed E-state index contributed by atoms with van der Waals surface area (Å²) in [6.07, 6.45) is 1.05. The van der Waals surface area contributed by atoms with Crippen LogP contribution in [-0.2, 0) is 21.2 Å². The Labute approximate surface area is 180 Å². The molecule has 0 aliphatic carbocycles. The number of quaternary nitrogens is 1. The van der Waals surface area contributed by atoms with E-state index in [1.165, 1.54) is 35.4 Å². The molecule has 164 valence electrons. The van der Waals surface area contributed by atoms with Crippen LogP contribution in [0.3, 0.4) is 0 Å². The molecular weight excluding hydrogens is 398 g/mol. The summed E-state index contributed by atoms with van der Waals surface area (Å²) in [5, 5.41) is 10.0. The number of hydrogen-bond acceptors (Lipinski definition) is 3. The highest BCUT2D eigenvalue weighted by Crippen LogP contribution is 2.20. The lowest BCUT2D eigenvalue weighted by molar-refractivity contribution is -0.718. The average Bonchev–Trinajstić information content (AvgIpc) is 2.65. The third-order valence-electron chi connectivity index (χ3n) is 5.09. The number of carbonyl (C=O) groups excluding carboxylic acids is 1. The first-order valence-electron chi connectivity index (χ1n) is 10.3. The van der Waals surface area contributed by atoms with Gasteiger partial charge in [0.25, 0.3) is 5.91 Å². The van der Waals surface area contributed by atoms with Gasteiger partial charge in [-0.2, -0.15) is 0 Å². The highest BCUT2D eigenvalue weighted by atomic mass is 32.2. The van der Waals surface area contributed by atoms with Gasteiger partial charge in [-0.3, -0.25) is 4.79 Å². The standard InChI is InChI=1S/C23H33N3O3S/c1-15(2)14-18-6-8-19(9-7-18)22(16(3)4)25-17(5)23(27)26-20-10-12-21(13-11-20)30(24,28)29/h6-13,15-17,22,25H,14H2,1-5H3,(H,26,27)(H2,24,28,29)/p+1/t17-,22-/m0/s1. The largest absolute Gasteiger partial charge is 0.330 e. The SMILES string of the molecule is CC(C)Cc1ccc([C@@H]([NH2+][C@@H](C)C(=O)Nc2ccc(S(N)(=O)=O)cc2)C(C)C)cc1. The maximum Gasteiger partial charge on any atom is 0.282 e. The molecule has 0 aliphatic rings. The Balaban J connectivity index is 2.05. The number of hydrogen-bond donors (Lipinski definition) is 3. The van der Waals surface area contributed by atoms with E-state index in [9.17, 15) is 13.2 Å². The summed E-state index contributed by atoms with van der Waals surface area (Å²) in [5.41, 5.74) is 3.06. The Bertz CT molecular complexity index is 937. The van der Waals surface area contributed by atoms with E-state index >= 15 is 0 Å². The topological polar surface area (TPSA) is 106 Å². The molecule has 0 aromatic heterocycles. The van der Waals surface area contributed by atoms with E-state index < -0.39 is 10.0 Å². The molecule has 0 spiro atoms. The van der Waals surface area contributed by atoms with Crippen LogP contribution in [0.1, 0.15) is 51.8 Å². The van der Waals surface area contributed by atoms with Crippen molar-refractivity contribution in [2.75, 3.05) is 5.32 Å². The van der Waals surface area contributed by atoms with Crippen LogP contribution in [0.15, 0.2) is 53.4 Å². The van der Waals surface area contributed by atoms with Crippen LogP contribution in [-0.4, -0.2) is 20.4 Å². The second-order valence-corrected chi connectivity index (χ2v) is 10.2. The smallest absolute Gasteiger partial charge is 0.282 e. The fourth-order valence-corrected chi connectivity index (χ4v) is 3.96. The van der Waals surface area contributed by atoms with Crippen molar-refractivity contribution < 1.29 is 18.5 Å². The average molecular weight is 433 g/mol. The van der Waals surface area contributed by atoms with Gasteiger partial charge in [0, 0.05) is 17.2 Å². The van der Waals surface area contributed by atoms with Gasteiger partial charge in [-0.15, -0.1) is 0 Å². The first-order chi connectivity index (χ1) is 14.0. The summed E-state index contributed by atoms with van der Waals surface area (Å²) in [4.78, 5) is 12.7. The molecule has 2 rings (SSSR count). The molecule has 0 saturated carbocycles. The van der Waals surface area contributed by atoms with Crippen molar-refractivity contribution in [1.29, 1.82) is 0 Å². The van der Waals surface area contributed by atoms with Crippen LogP contribution in [0.2, 0.25) is 0 Å². The minimum Gasteiger partial charge on any atom is -0.330 e. The molecule has 6 nitrogen and oxygen atoms in total. The molecular formula is C23H34N3O3S+. The second kappa shape index (κ2) is 10.2. The van der Waals surface area contributed by atoms with E-state index in [1.54, 1.807) is 0 Å². The van der Waals surface area contributed by atoms with Gasteiger partial charge < -0.3 is 10.6 Å². The van der Waals surface area contributed by atoms with Crippen LogP contribution in [0.25, 0.3) is 0 Å². The van der Waals surface area contributed by atoms with Crippen LogP contribution in [0.4, 0.5) is 5.69 Å². The number of amides is 1. The van der Waals surface area contributed by atoms with E-state index in [-0.39, 0.29) is 22.9 Å². The molecule has 2 aromatic rings. The van der Waals surface area contributed by atoms with Gasteiger partial charge in [-0.25, -0.2) is 13.6 Å². The van der Waals surface area contributed by atoms with Crippen molar-refractivity contribution in [3.05, 3.63) is 59.7 Å². The Morgan fingerprint density at radius 2 is 1.53 bits per heavy atom. The molecule has 7 heteroatoms. The maximum atomic E-state index is 12.7. The van der Waals surface area contributed by atoms with Crippen molar-refractivity contribution in [2.45, 2.75) is 58.0 Å². The van der Waals surface area contributed by atoms with Gasteiger partial charge in [-0.1, -0.05) is 52.0 Å². The molecule has 0 unspecified atom stereocenters. The summed E-state index contributed by atoms with van der Waals surface area (Å²) >= 11 is 0. The maximum absolute atomic E-state index is 12.7. The molecule has 2 aromatic carbocycles. The van der Waals surface area contributed by atoms with Gasteiger partial charge in [0.1, 0.15) is 6.04 Å². The molecule has 5 N–H and O–H groups in total. The Hall–Kier alpha value is -2.22. The zero-order chi connectivity index (χ0) is 22.5. The number of rotatable bonds is 9. The third-order valence-corrected chi connectivity index (χ3v) is 6.02. The number of carbonyl (C=O) groups is 1. The monoisotopic (exact) mass is 432 g/mol. The zero-order valence-electron chi connectivity index (χ0n) is 18.4.